The average molecular weight is 212 g/mol. The van der Waals surface area contributed by atoms with Crippen LogP contribution in [0.4, 0.5) is 0 Å². The second-order valence-electron chi connectivity index (χ2n) is 4.00. The topological polar surface area (TPSA) is 63.4 Å². The molecule has 0 bridgehead atoms. The molecular formula is C11H20N2O2. The van der Waals surface area contributed by atoms with Crippen molar-refractivity contribution in [2.75, 3.05) is 13.1 Å². The van der Waals surface area contributed by atoms with Gasteiger partial charge in [-0.2, -0.15) is 0 Å². The number of nitrogens with two attached hydrogens (primary N) is 1. The lowest BCUT2D eigenvalue weighted by Gasteiger charge is -2.12. The van der Waals surface area contributed by atoms with Crippen LogP contribution in [0.15, 0.2) is 0 Å². The van der Waals surface area contributed by atoms with Crippen LogP contribution in [0.3, 0.4) is 0 Å². The van der Waals surface area contributed by atoms with Crippen molar-refractivity contribution in [3.05, 3.63) is 0 Å². The molecule has 2 N–H and O–H groups in total. The van der Waals surface area contributed by atoms with E-state index in [9.17, 15) is 9.59 Å². The summed E-state index contributed by atoms with van der Waals surface area (Å²) in [6.07, 6.45) is 6.20. The van der Waals surface area contributed by atoms with E-state index in [4.69, 9.17) is 5.73 Å². The van der Waals surface area contributed by atoms with Gasteiger partial charge in [0.05, 0.1) is 0 Å². The van der Waals surface area contributed by atoms with E-state index >= 15 is 0 Å². The number of amides is 2. The summed E-state index contributed by atoms with van der Waals surface area (Å²) < 4.78 is 0. The second kappa shape index (κ2) is 6.56. The predicted molar refractivity (Wildman–Crippen MR) is 58.1 cm³/mol. The zero-order chi connectivity index (χ0) is 11.1. The monoisotopic (exact) mass is 212 g/mol. The minimum Gasteiger partial charge on any atom is -0.330 e. The van der Waals surface area contributed by atoms with Gasteiger partial charge in [0.25, 0.3) is 0 Å². The molecule has 0 radical (unpaired) electrons. The van der Waals surface area contributed by atoms with Gasteiger partial charge < -0.3 is 5.73 Å². The number of hydrogen-bond donors (Lipinski definition) is 1. The maximum atomic E-state index is 11.2. The summed E-state index contributed by atoms with van der Waals surface area (Å²) >= 11 is 0. The Bertz CT molecular complexity index is 213. The highest BCUT2D eigenvalue weighted by Crippen LogP contribution is 2.13. The lowest BCUT2D eigenvalue weighted by atomic mass is 10.1. The molecule has 4 heteroatoms. The molecule has 1 saturated heterocycles. The van der Waals surface area contributed by atoms with Crippen LogP contribution in [0, 0.1) is 0 Å². The van der Waals surface area contributed by atoms with Gasteiger partial charge in [-0.1, -0.05) is 19.3 Å². The lowest BCUT2D eigenvalue weighted by Crippen LogP contribution is -2.29. The van der Waals surface area contributed by atoms with E-state index in [1.165, 1.54) is 4.90 Å². The summed E-state index contributed by atoms with van der Waals surface area (Å²) in [5.41, 5.74) is 5.38. The molecule has 0 spiro atoms. The standard InChI is InChI=1S/C11H20N2O2/c12-8-4-2-1-3-5-9-13-10(14)6-7-11(13)15/h1-9,12H2. The van der Waals surface area contributed by atoms with Crippen molar-refractivity contribution in [1.82, 2.24) is 4.90 Å². The molecule has 15 heavy (non-hydrogen) atoms. The Morgan fingerprint density at radius 1 is 0.933 bits per heavy atom. The summed E-state index contributed by atoms with van der Waals surface area (Å²) in [4.78, 5) is 23.9. The fourth-order valence-corrected chi connectivity index (χ4v) is 1.82. The van der Waals surface area contributed by atoms with Crippen molar-refractivity contribution < 1.29 is 9.59 Å². The Morgan fingerprint density at radius 2 is 1.47 bits per heavy atom. The van der Waals surface area contributed by atoms with Gasteiger partial charge in [-0.15, -0.1) is 0 Å². The zero-order valence-electron chi connectivity index (χ0n) is 9.21. The fraction of sp³-hybridized carbons (Fsp3) is 0.818. The minimum atomic E-state index is 0.00181. The summed E-state index contributed by atoms with van der Waals surface area (Å²) in [5.74, 6) is 0.00363. The van der Waals surface area contributed by atoms with Crippen LogP contribution in [-0.2, 0) is 9.59 Å². The Morgan fingerprint density at radius 3 is 2.07 bits per heavy atom. The van der Waals surface area contributed by atoms with Crippen LogP contribution >= 0.6 is 0 Å². The molecule has 0 saturated carbocycles. The molecule has 4 nitrogen and oxygen atoms in total. The van der Waals surface area contributed by atoms with Gasteiger partial charge in [0.2, 0.25) is 11.8 Å². The first kappa shape index (κ1) is 12.2. The maximum absolute atomic E-state index is 11.2. The Labute approximate surface area is 90.8 Å². The summed E-state index contributed by atoms with van der Waals surface area (Å²) in [6, 6.07) is 0. The first-order chi connectivity index (χ1) is 7.25. The van der Waals surface area contributed by atoms with Crippen LogP contribution in [0.25, 0.3) is 0 Å². The third-order valence-corrected chi connectivity index (χ3v) is 2.74. The number of carbonyl (C=O) groups excluding carboxylic acids is 2. The Balaban J connectivity index is 2.04. The molecule has 1 heterocycles. The van der Waals surface area contributed by atoms with E-state index in [-0.39, 0.29) is 11.8 Å². The molecule has 86 valence electrons. The van der Waals surface area contributed by atoms with Gasteiger partial charge in [-0.25, -0.2) is 0 Å². The van der Waals surface area contributed by atoms with E-state index in [0.29, 0.717) is 19.4 Å². The molecule has 1 aliphatic heterocycles. The van der Waals surface area contributed by atoms with Crippen LogP contribution < -0.4 is 5.73 Å². The van der Waals surface area contributed by atoms with Crippen LogP contribution in [0.5, 0.6) is 0 Å². The maximum Gasteiger partial charge on any atom is 0.229 e. The van der Waals surface area contributed by atoms with E-state index < -0.39 is 0 Å². The smallest absolute Gasteiger partial charge is 0.229 e. The molecule has 1 aliphatic rings. The molecular weight excluding hydrogens is 192 g/mol. The van der Waals surface area contributed by atoms with Crippen molar-refractivity contribution in [1.29, 1.82) is 0 Å². The number of unbranched alkanes of at least 4 members (excludes halogenated alkanes) is 4. The highest BCUT2D eigenvalue weighted by Gasteiger charge is 2.27. The van der Waals surface area contributed by atoms with Crippen molar-refractivity contribution in [2.24, 2.45) is 5.73 Å². The summed E-state index contributed by atoms with van der Waals surface area (Å²) in [7, 11) is 0. The number of hydrogen-bond acceptors (Lipinski definition) is 3. The molecule has 0 aromatic rings. The Kier molecular flexibility index (Phi) is 5.32. The number of imide groups is 1. The van der Waals surface area contributed by atoms with Crippen LogP contribution in [0.1, 0.15) is 44.9 Å². The number of rotatable bonds is 7. The van der Waals surface area contributed by atoms with Gasteiger partial charge in [0.15, 0.2) is 0 Å². The predicted octanol–water partition coefficient (Wildman–Crippen LogP) is 1.04. The molecule has 1 fully saturated rings. The van der Waals surface area contributed by atoms with E-state index in [2.05, 4.69) is 0 Å². The largest absolute Gasteiger partial charge is 0.330 e. The van der Waals surface area contributed by atoms with Gasteiger partial charge >= 0.3 is 0 Å². The molecule has 0 unspecified atom stereocenters. The Hall–Kier alpha value is -0.900. The first-order valence-corrected chi connectivity index (χ1v) is 5.79. The highest BCUT2D eigenvalue weighted by molar-refractivity contribution is 6.01. The normalized spacial score (nSPS) is 16.5. The van der Waals surface area contributed by atoms with Crippen LogP contribution in [-0.4, -0.2) is 29.8 Å². The molecule has 0 aliphatic carbocycles. The molecule has 1 rings (SSSR count). The van der Waals surface area contributed by atoms with Gasteiger partial charge in [0, 0.05) is 19.4 Å². The molecule has 0 aromatic heterocycles. The quantitative estimate of drug-likeness (QED) is 0.506. The summed E-state index contributed by atoms with van der Waals surface area (Å²) in [6.45, 7) is 1.36. The molecule has 0 atom stereocenters. The van der Waals surface area contributed by atoms with Gasteiger partial charge in [0.1, 0.15) is 0 Å². The van der Waals surface area contributed by atoms with Crippen molar-refractivity contribution in [3.63, 3.8) is 0 Å². The first-order valence-electron chi connectivity index (χ1n) is 5.79. The van der Waals surface area contributed by atoms with Crippen molar-refractivity contribution in [2.45, 2.75) is 44.9 Å². The SMILES string of the molecule is NCCCCCCCN1C(=O)CCC1=O. The van der Waals surface area contributed by atoms with Gasteiger partial charge in [-0.05, 0) is 19.4 Å². The summed E-state index contributed by atoms with van der Waals surface area (Å²) in [5, 5.41) is 0. The number of likely N-dealkylation sites (tertiary alicyclic amines) is 1. The van der Waals surface area contributed by atoms with E-state index in [1.54, 1.807) is 0 Å². The van der Waals surface area contributed by atoms with E-state index in [1.807, 2.05) is 0 Å². The van der Waals surface area contributed by atoms with Crippen molar-refractivity contribution >= 4 is 11.8 Å². The average Bonchev–Trinajstić information content (AvgIpc) is 2.54. The third-order valence-electron chi connectivity index (χ3n) is 2.74. The zero-order valence-corrected chi connectivity index (χ0v) is 9.21. The lowest BCUT2D eigenvalue weighted by molar-refractivity contribution is -0.138. The third kappa shape index (κ3) is 4.00. The molecule has 2 amide bonds. The molecule has 0 aromatic carbocycles. The highest BCUT2D eigenvalue weighted by atomic mass is 16.2. The second-order valence-corrected chi connectivity index (χ2v) is 4.00. The van der Waals surface area contributed by atoms with Crippen LogP contribution in [0.2, 0.25) is 0 Å². The van der Waals surface area contributed by atoms with E-state index in [0.717, 1.165) is 38.6 Å². The van der Waals surface area contributed by atoms with Gasteiger partial charge in [-0.3, -0.25) is 14.5 Å². The van der Waals surface area contributed by atoms with Crippen molar-refractivity contribution in [3.8, 4) is 0 Å². The fourth-order valence-electron chi connectivity index (χ4n) is 1.82. The minimum absolute atomic E-state index is 0.00181. The number of nitrogens with zero attached hydrogens (tertiary/aromatic N) is 1. The number of carbonyl (C=O) groups is 2.